The third-order valence-electron chi connectivity index (χ3n) is 4.68. The van der Waals surface area contributed by atoms with Gasteiger partial charge in [-0.15, -0.1) is 0 Å². The highest BCUT2D eigenvalue weighted by molar-refractivity contribution is 5.95. The van der Waals surface area contributed by atoms with E-state index in [0.29, 0.717) is 27.5 Å². The molecular weight excluding hydrogens is 384 g/mol. The molecule has 3 aromatic carbocycles. The summed E-state index contributed by atoms with van der Waals surface area (Å²) in [6.45, 7) is -0.594. The van der Waals surface area contributed by atoms with E-state index in [4.69, 9.17) is 4.74 Å². The minimum atomic E-state index is -0.602. The van der Waals surface area contributed by atoms with E-state index in [0.717, 1.165) is 0 Å². The maximum absolute atomic E-state index is 12.7. The number of amides is 1. The average Bonchev–Trinajstić information content (AvgIpc) is 2.77. The van der Waals surface area contributed by atoms with E-state index in [1.54, 1.807) is 53.1 Å². The predicted molar refractivity (Wildman–Crippen MR) is 113 cm³/mol. The Labute approximate surface area is 171 Å². The number of pyridine rings is 1. The lowest BCUT2D eigenvalue weighted by molar-refractivity contribution is -0.147. The number of anilines is 1. The molecule has 4 rings (SSSR count). The van der Waals surface area contributed by atoms with Gasteiger partial charge in [0.1, 0.15) is 12.3 Å². The van der Waals surface area contributed by atoms with Crippen LogP contribution in [0.3, 0.4) is 0 Å². The lowest BCUT2D eigenvalue weighted by Crippen LogP contribution is -2.24. The van der Waals surface area contributed by atoms with Gasteiger partial charge in [-0.2, -0.15) is 0 Å². The predicted octanol–water partition coefficient (Wildman–Crippen LogP) is 3.04. The summed E-state index contributed by atoms with van der Waals surface area (Å²) in [6.07, 6.45) is 0. The molecule has 1 amide bonds. The van der Waals surface area contributed by atoms with Crippen LogP contribution in [0.15, 0.2) is 77.6 Å². The molecule has 7 heteroatoms. The largest absolute Gasteiger partial charge is 0.508 e. The van der Waals surface area contributed by atoms with Gasteiger partial charge in [-0.3, -0.25) is 14.4 Å². The number of carbonyl (C=O) groups excluding carboxylic acids is 2. The van der Waals surface area contributed by atoms with Crippen molar-refractivity contribution in [1.29, 1.82) is 0 Å². The van der Waals surface area contributed by atoms with E-state index < -0.39 is 18.5 Å². The molecule has 7 nitrogen and oxygen atoms in total. The molecule has 0 saturated carbocycles. The maximum atomic E-state index is 12.7. The van der Waals surface area contributed by atoms with E-state index in [1.807, 2.05) is 0 Å². The summed E-state index contributed by atoms with van der Waals surface area (Å²) in [4.78, 5) is 37.2. The summed E-state index contributed by atoms with van der Waals surface area (Å²) in [7, 11) is 0. The van der Waals surface area contributed by atoms with E-state index >= 15 is 0 Å². The number of esters is 1. The number of hydrogen-bond donors (Lipinski definition) is 2. The standard InChI is InChI=1S/C23H18N2O5/c26-16-11-9-15(10-12-16)24-21(27)14-30-22(28)13-25-19-7-3-1-5-17(19)23(29)18-6-2-4-8-20(18)25/h1-12,26H,13-14H2,(H,24,27). The molecule has 0 unspecified atom stereocenters. The van der Waals surface area contributed by atoms with Gasteiger partial charge in [0.2, 0.25) is 0 Å². The van der Waals surface area contributed by atoms with Gasteiger partial charge >= 0.3 is 5.97 Å². The minimum Gasteiger partial charge on any atom is -0.508 e. The first kappa shape index (κ1) is 19.2. The van der Waals surface area contributed by atoms with Crippen molar-refractivity contribution >= 4 is 39.4 Å². The summed E-state index contributed by atoms with van der Waals surface area (Å²) < 4.78 is 6.85. The van der Waals surface area contributed by atoms with Crippen LogP contribution in [0.1, 0.15) is 0 Å². The number of para-hydroxylation sites is 2. The van der Waals surface area contributed by atoms with Gasteiger partial charge in [-0.25, -0.2) is 0 Å². The fraction of sp³-hybridized carbons (Fsp3) is 0.0870. The molecule has 150 valence electrons. The average molecular weight is 402 g/mol. The molecule has 0 atom stereocenters. The molecule has 30 heavy (non-hydrogen) atoms. The Morgan fingerprint density at radius 1 is 0.867 bits per heavy atom. The van der Waals surface area contributed by atoms with Crippen molar-refractivity contribution in [2.45, 2.75) is 6.54 Å². The first-order chi connectivity index (χ1) is 14.5. The van der Waals surface area contributed by atoms with Crippen LogP contribution in [0.4, 0.5) is 5.69 Å². The van der Waals surface area contributed by atoms with E-state index in [2.05, 4.69) is 5.32 Å². The van der Waals surface area contributed by atoms with Gasteiger partial charge in [-0.05, 0) is 48.5 Å². The van der Waals surface area contributed by atoms with E-state index in [9.17, 15) is 19.5 Å². The molecular formula is C23H18N2O5. The molecule has 0 fully saturated rings. The number of benzene rings is 3. The lowest BCUT2D eigenvalue weighted by atomic mass is 10.1. The van der Waals surface area contributed by atoms with Crippen LogP contribution >= 0.6 is 0 Å². The SMILES string of the molecule is O=C(COC(=O)Cn1c2ccccc2c(=O)c2ccccc21)Nc1ccc(O)cc1. The zero-order valence-corrected chi connectivity index (χ0v) is 15.9. The lowest BCUT2D eigenvalue weighted by Gasteiger charge is -2.14. The molecule has 2 N–H and O–H groups in total. The van der Waals surface area contributed by atoms with Crippen LogP contribution in [-0.4, -0.2) is 28.2 Å². The summed E-state index contributed by atoms with van der Waals surface area (Å²) in [5.74, 6) is -1.02. The molecule has 4 aromatic rings. The van der Waals surface area contributed by atoms with Crippen LogP contribution in [0.25, 0.3) is 21.8 Å². The highest BCUT2D eigenvalue weighted by Gasteiger charge is 2.14. The van der Waals surface area contributed by atoms with Crippen LogP contribution in [0, 0.1) is 0 Å². The molecule has 0 spiro atoms. The second kappa shape index (κ2) is 8.08. The van der Waals surface area contributed by atoms with Gasteiger partial charge in [0.15, 0.2) is 12.0 Å². The molecule has 0 saturated heterocycles. The Hall–Kier alpha value is -4.13. The van der Waals surface area contributed by atoms with Crippen molar-refractivity contribution in [3.05, 3.63) is 83.0 Å². The summed E-state index contributed by atoms with van der Waals surface area (Å²) >= 11 is 0. The van der Waals surface area contributed by atoms with Crippen LogP contribution in [0.2, 0.25) is 0 Å². The number of aromatic nitrogens is 1. The fourth-order valence-corrected chi connectivity index (χ4v) is 3.31. The smallest absolute Gasteiger partial charge is 0.326 e. The molecule has 1 aromatic heterocycles. The third-order valence-corrected chi connectivity index (χ3v) is 4.68. The van der Waals surface area contributed by atoms with Crippen LogP contribution in [0.5, 0.6) is 5.75 Å². The quantitative estimate of drug-likeness (QED) is 0.304. The van der Waals surface area contributed by atoms with Crippen molar-refractivity contribution in [3.8, 4) is 5.75 Å². The topological polar surface area (TPSA) is 97.6 Å². The van der Waals surface area contributed by atoms with Crippen molar-refractivity contribution in [1.82, 2.24) is 4.57 Å². The normalized spacial score (nSPS) is 10.8. The highest BCUT2D eigenvalue weighted by atomic mass is 16.5. The molecule has 0 radical (unpaired) electrons. The van der Waals surface area contributed by atoms with Gasteiger partial charge in [0.05, 0.1) is 11.0 Å². The molecule has 0 aliphatic heterocycles. The second-order valence-electron chi connectivity index (χ2n) is 6.71. The van der Waals surface area contributed by atoms with Crippen LogP contribution < -0.4 is 10.7 Å². The van der Waals surface area contributed by atoms with Gasteiger partial charge in [-0.1, -0.05) is 24.3 Å². The third kappa shape index (κ3) is 3.86. The molecule has 0 aliphatic carbocycles. The number of ether oxygens (including phenoxy) is 1. The number of hydrogen-bond acceptors (Lipinski definition) is 5. The van der Waals surface area contributed by atoms with Gasteiger partial charge in [0.25, 0.3) is 5.91 Å². The highest BCUT2D eigenvalue weighted by Crippen LogP contribution is 2.19. The van der Waals surface area contributed by atoms with Crippen molar-refractivity contribution in [2.75, 3.05) is 11.9 Å². The number of nitrogens with one attached hydrogen (secondary N) is 1. The Morgan fingerprint density at radius 2 is 1.43 bits per heavy atom. The summed E-state index contributed by atoms with van der Waals surface area (Å²) in [6, 6.07) is 20.1. The van der Waals surface area contributed by atoms with E-state index in [1.165, 1.54) is 24.3 Å². The maximum Gasteiger partial charge on any atom is 0.326 e. The number of phenols is 1. The van der Waals surface area contributed by atoms with E-state index in [-0.39, 0.29) is 17.7 Å². The minimum absolute atomic E-state index is 0.0833. The Bertz CT molecular complexity index is 1250. The van der Waals surface area contributed by atoms with Gasteiger partial charge in [0, 0.05) is 16.5 Å². The fourth-order valence-electron chi connectivity index (χ4n) is 3.31. The number of carbonyl (C=O) groups is 2. The summed E-state index contributed by atoms with van der Waals surface area (Å²) in [5, 5.41) is 12.9. The zero-order valence-electron chi connectivity index (χ0n) is 15.9. The first-order valence-corrected chi connectivity index (χ1v) is 9.28. The van der Waals surface area contributed by atoms with Crippen molar-refractivity contribution in [2.24, 2.45) is 0 Å². The number of rotatable bonds is 5. The second-order valence-corrected chi connectivity index (χ2v) is 6.71. The Kier molecular flexibility index (Phi) is 5.17. The number of fused-ring (bicyclic) bond motifs is 2. The van der Waals surface area contributed by atoms with Crippen molar-refractivity contribution in [3.63, 3.8) is 0 Å². The van der Waals surface area contributed by atoms with Crippen molar-refractivity contribution < 1.29 is 19.4 Å². The molecule has 0 aliphatic rings. The molecule has 1 heterocycles. The Balaban J connectivity index is 1.53. The molecule has 0 bridgehead atoms. The zero-order chi connectivity index (χ0) is 21.1. The number of aromatic hydroxyl groups is 1. The number of nitrogens with zero attached hydrogens (tertiary/aromatic N) is 1. The summed E-state index contributed by atoms with van der Waals surface area (Å²) in [5.41, 5.74) is 1.61. The Morgan fingerprint density at radius 3 is 2.03 bits per heavy atom. The first-order valence-electron chi connectivity index (χ1n) is 9.28. The van der Waals surface area contributed by atoms with Gasteiger partial charge < -0.3 is 19.7 Å². The van der Waals surface area contributed by atoms with Crippen LogP contribution in [-0.2, 0) is 20.9 Å². The monoisotopic (exact) mass is 402 g/mol. The number of phenolic OH excluding ortho intramolecular Hbond substituents is 1.